The molecule has 2 aromatic heterocycles. The van der Waals surface area contributed by atoms with Gasteiger partial charge < -0.3 is 10.2 Å². The van der Waals surface area contributed by atoms with Gasteiger partial charge in [-0.05, 0) is 49.3 Å². The third kappa shape index (κ3) is 5.07. The van der Waals surface area contributed by atoms with Crippen LogP contribution in [-0.4, -0.2) is 53.0 Å². The number of nitrogens with zero attached hydrogens (tertiary/aromatic N) is 4. The first-order chi connectivity index (χ1) is 16.2. The van der Waals surface area contributed by atoms with Crippen LogP contribution in [0, 0.1) is 0 Å². The van der Waals surface area contributed by atoms with Crippen LogP contribution in [0.2, 0.25) is 5.02 Å². The summed E-state index contributed by atoms with van der Waals surface area (Å²) in [6, 6.07) is 20.9. The van der Waals surface area contributed by atoms with Gasteiger partial charge in [-0.1, -0.05) is 60.1 Å². The first kappa shape index (κ1) is 22.0. The van der Waals surface area contributed by atoms with Crippen LogP contribution in [0.25, 0.3) is 16.9 Å². The minimum Gasteiger partial charge on any atom is -0.367 e. The molecule has 0 bridgehead atoms. The summed E-state index contributed by atoms with van der Waals surface area (Å²) in [5.41, 5.74) is 4.30. The van der Waals surface area contributed by atoms with Crippen LogP contribution >= 0.6 is 11.6 Å². The standard InChI is InChI=1S/C26H27BClN5/c27-22-18-29-33-25(17-24(31-26(22)33)21-10-4-5-11-23(21)28)30-20-12-15-32(16-13-20)14-6-9-19-7-2-1-3-8-19/h1-5,7-8,10-11,17-18,20,30H,6,9,12-16H2. The van der Waals surface area contributed by atoms with Crippen molar-refractivity contribution in [3.05, 3.63) is 77.4 Å². The summed E-state index contributed by atoms with van der Waals surface area (Å²) < 4.78 is 1.79. The van der Waals surface area contributed by atoms with E-state index in [1.54, 1.807) is 10.7 Å². The van der Waals surface area contributed by atoms with Crippen molar-refractivity contribution in [1.29, 1.82) is 0 Å². The summed E-state index contributed by atoms with van der Waals surface area (Å²) in [7, 11) is 6.16. The van der Waals surface area contributed by atoms with Crippen LogP contribution in [-0.2, 0) is 6.42 Å². The van der Waals surface area contributed by atoms with Gasteiger partial charge in [-0.3, -0.25) is 0 Å². The molecule has 166 valence electrons. The van der Waals surface area contributed by atoms with Gasteiger partial charge in [-0.15, -0.1) is 0 Å². The number of nitrogens with one attached hydrogen (secondary N) is 1. The molecule has 7 heteroatoms. The minimum absolute atomic E-state index is 0.380. The summed E-state index contributed by atoms with van der Waals surface area (Å²) in [6.45, 7) is 3.34. The molecule has 0 spiro atoms. The topological polar surface area (TPSA) is 45.5 Å². The van der Waals surface area contributed by atoms with E-state index >= 15 is 0 Å². The number of aryl methyl sites for hydroxylation is 1. The first-order valence-corrected chi connectivity index (χ1v) is 12.0. The Morgan fingerprint density at radius 1 is 1.03 bits per heavy atom. The molecule has 1 fully saturated rings. The average molecular weight is 456 g/mol. The number of likely N-dealkylation sites (tertiary alicyclic amines) is 1. The number of anilines is 1. The third-order valence-corrected chi connectivity index (χ3v) is 6.70. The van der Waals surface area contributed by atoms with Crippen molar-refractivity contribution in [2.24, 2.45) is 0 Å². The Hall–Kier alpha value is -2.83. The van der Waals surface area contributed by atoms with Gasteiger partial charge in [-0.2, -0.15) is 9.61 Å². The highest BCUT2D eigenvalue weighted by Gasteiger charge is 2.21. The van der Waals surface area contributed by atoms with E-state index in [0.29, 0.717) is 22.2 Å². The van der Waals surface area contributed by atoms with Crippen molar-refractivity contribution >= 4 is 36.4 Å². The number of hydrogen-bond donors (Lipinski definition) is 1. The molecule has 1 aliphatic heterocycles. The van der Waals surface area contributed by atoms with Crippen molar-refractivity contribution in [3.63, 3.8) is 0 Å². The summed E-state index contributed by atoms with van der Waals surface area (Å²) in [6.07, 6.45) is 6.17. The largest absolute Gasteiger partial charge is 0.367 e. The van der Waals surface area contributed by atoms with Crippen molar-refractivity contribution < 1.29 is 0 Å². The number of rotatable bonds is 7. The molecule has 33 heavy (non-hydrogen) atoms. The molecule has 2 radical (unpaired) electrons. The molecule has 5 rings (SSSR count). The van der Waals surface area contributed by atoms with Crippen molar-refractivity contribution in [2.45, 2.75) is 31.7 Å². The van der Waals surface area contributed by atoms with Crippen molar-refractivity contribution in [3.8, 4) is 11.3 Å². The first-order valence-electron chi connectivity index (χ1n) is 11.6. The smallest absolute Gasteiger partial charge is 0.150 e. The molecule has 4 aromatic rings. The van der Waals surface area contributed by atoms with Crippen LogP contribution in [0.3, 0.4) is 0 Å². The second-order valence-electron chi connectivity index (χ2n) is 8.69. The number of hydrogen-bond acceptors (Lipinski definition) is 4. The summed E-state index contributed by atoms with van der Waals surface area (Å²) in [4.78, 5) is 7.31. The molecule has 0 amide bonds. The molecule has 0 saturated carbocycles. The van der Waals surface area contributed by atoms with E-state index in [1.165, 1.54) is 12.0 Å². The number of benzene rings is 2. The zero-order valence-corrected chi connectivity index (χ0v) is 19.4. The van der Waals surface area contributed by atoms with Crippen LogP contribution in [0.5, 0.6) is 0 Å². The fourth-order valence-electron chi connectivity index (χ4n) is 4.55. The van der Waals surface area contributed by atoms with Gasteiger partial charge in [0.25, 0.3) is 0 Å². The number of fused-ring (bicyclic) bond motifs is 1. The predicted octanol–water partition coefficient (Wildman–Crippen LogP) is 4.35. The maximum Gasteiger partial charge on any atom is 0.150 e. The molecule has 0 unspecified atom stereocenters. The van der Waals surface area contributed by atoms with E-state index in [-0.39, 0.29) is 0 Å². The lowest BCUT2D eigenvalue weighted by Gasteiger charge is -2.33. The highest BCUT2D eigenvalue weighted by molar-refractivity contribution is 6.36. The number of piperidine rings is 1. The molecule has 0 aliphatic carbocycles. The molecule has 5 nitrogen and oxygen atoms in total. The second kappa shape index (κ2) is 9.98. The summed E-state index contributed by atoms with van der Waals surface area (Å²) in [5, 5.41) is 8.82. The Morgan fingerprint density at radius 2 is 1.79 bits per heavy atom. The fraction of sp³-hybridized carbons (Fsp3) is 0.308. The molecule has 2 aromatic carbocycles. The quantitative estimate of drug-likeness (QED) is 0.421. The third-order valence-electron chi connectivity index (χ3n) is 6.37. The molecule has 1 N–H and O–H groups in total. The molecular weight excluding hydrogens is 429 g/mol. The van der Waals surface area contributed by atoms with Crippen molar-refractivity contribution in [2.75, 3.05) is 25.0 Å². The average Bonchev–Trinajstić information content (AvgIpc) is 3.22. The Balaban J connectivity index is 1.25. The molecule has 1 aliphatic rings. The Morgan fingerprint density at radius 3 is 2.58 bits per heavy atom. The highest BCUT2D eigenvalue weighted by atomic mass is 35.5. The maximum atomic E-state index is 6.45. The number of aromatic nitrogens is 3. The van der Waals surface area contributed by atoms with Gasteiger partial charge >= 0.3 is 0 Å². The highest BCUT2D eigenvalue weighted by Crippen LogP contribution is 2.29. The SMILES string of the molecule is [B]c1cnn2c(NC3CCN(CCCc4ccccc4)CC3)cc(-c3ccccc3Cl)nc12. The summed E-state index contributed by atoms with van der Waals surface area (Å²) >= 11 is 6.45. The van der Waals surface area contributed by atoms with E-state index in [0.717, 1.165) is 56.0 Å². The monoisotopic (exact) mass is 455 g/mol. The minimum atomic E-state index is 0.380. The van der Waals surface area contributed by atoms with Gasteiger partial charge in [0.15, 0.2) is 5.65 Å². The van der Waals surface area contributed by atoms with Gasteiger partial charge in [0.2, 0.25) is 0 Å². The van der Waals surface area contributed by atoms with Crippen LogP contribution in [0.1, 0.15) is 24.8 Å². The van der Waals surface area contributed by atoms with Gasteiger partial charge in [0.05, 0.1) is 5.69 Å². The van der Waals surface area contributed by atoms with Gasteiger partial charge in [0, 0.05) is 42.0 Å². The maximum absolute atomic E-state index is 6.45. The lowest BCUT2D eigenvalue weighted by Crippen LogP contribution is -2.40. The summed E-state index contributed by atoms with van der Waals surface area (Å²) in [5.74, 6) is 0.897. The van der Waals surface area contributed by atoms with Gasteiger partial charge in [0.1, 0.15) is 13.7 Å². The number of halogens is 1. The van der Waals surface area contributed by atoms with Crippen molar-refractivity contribution in [1.82, 2.24) is 19.5 Å². The van der Waals surface area contributed by atoms with E-state index in [4.69, 9.17) is 24.4 Å². The zero-order valence-electron chi connectivity index (χ0n) is 18.6. The van der Waals surface area contributed by atoms with Crippen LogP contribution in [0.4, 0.5) is 5.82 Å². The van der Waals surface area contributed by atoms with Crippen LogP contribution in [0.15, 0.2) is 66.9 Å². The van der Waals surface area contributed by atoms with E-state index in [2.05, 4.69) is 45.6 Å². The Labute approximate surface area is 201 Å². The van der Waals surface area contributed by atoms with Gasteiger partial charge in [-0.25, -0.2) is 4.98 Å². The molecule has 0 atom stereocenters. The fourth-order valence-corrected chi connectivity index (χ4v) is 4.78. The molecule has 1 saturated heterocycles. The lowest BCUT2D eigenvalue weighted by atomic mass is 10.0. The Bertz CT molecular complexity index is 1220. The van der Waals surface area contributed by atoms with E-state index in [9.17, 15) is 0 Å². The molecule has 3 heterocycles. The normalized spacial score (nSPS) is 15.2. The van der Waals surface area contributed by atoms with E-state index < -0.39 is 0 Å². The molecular formula is C26H27BClN5. The van der Waals surface area contributed by atoms with Crippen LogP contribution < -0.4 is 10.8 Å². The Kier molecular flexibility index (Phi) is 6.65. The lowest BCUT2D eigenvalue weighted by molar-refractivity contribution is 0.216. The zero-order chi connectivity index (χ0) is 22.6. The predicted molar refractivity (Wildman–Crippen MR) is 137 cm³/mol. The second-order valence-corrected chi connectivity index (χ2v) is 9.10. The van der Waals surface area contributed by atoms with E-state index in [1.807, 2.05) is 30.3 Å².